The molecule has 168 valence electrons. The van der Waals surface area contributed by atoms with Crippen molar-refractivity contribution < 1.29 is 28.2 Å². The van der Waals surface area contributed by atoms with E-state index in [0.717, 1.165) is 9.86 Å². The van der Waals surface area contributed by atoms with Crippen molar-refractivity contribution in [2.75, 3.05) is 33.4 Å². The summed E-state index contributed by atoms with van der Waals surface area (Å²) in [5, 5.41) is 10.2. The first-order valence-electron chi connectivity index (χ1n) is 10.1. The molecule has 33 heavy (non-hydrogen) atoms. The van der Waals surface area contributed by atoms with Gasteiger partial charge >= 0.3 is 5.97 Å². The largest absolute Gasteiger partial charge is 0.493 e. The lowest BCUT2D eigenvalue weighted by atomic mass is 10.1. The molecule has 2 heterocycles. The van der Waals surface area contributed by atoms with Gasteiger partial charge in [-0.05, 0) is 48.0 Å². The molecule has 0 saturated carbocycles. The van der Waals surface area contributed by atoms with E-state index in [-0.39, 0.29) is 28.7 Å². The molecular formula is C24H19BrN2O6. The molecule has 1 aromatic heterocycles. The number of methoxy groups -OCH3 is 1. The Bertz CT molecular complexity index is 1280. The van der Waals surface area contributed by atoms with Crippen LogP contribution in [0.5, 0.6) is 11.5 Å². The van der Waals surface area contributed by atoms with Crippen LogP contribution in [0.1, 0.15) is 16.1 Å². The monoisotopic (exact) mass is 510 g/mol. The summed E-state index contributed by atoms with van der Waals surface area (Å²) in [6.45, 7) is 1.77. The fraction of sp³-hybridized carbons (Fsp3) is 0.208. The van der Waals surface area contributed by atoms with Crippen molar-refractivity contribution in [3.05, 3.63) is 63.8 Å². The van der Waals surface area contributed by atoms with Crippen LogP contribution in [0.25, 0.3) is 17.0 Å². The van der Waals surface area contributed by atoms with Crippen LogP contribution < -0.4 is 9.47 Å². The van der Waals surface area contributed by atoms with Gasteiger partial charge in [0.2, 0.25) is 5.76 Å². The van der Waals surface area contributed by atoms with E-state index in [0.29, 0.717) is 37.4 Å². The first kappa shape index (κ1) is 22.6. The molecule has 0 unspecified atom stereocenters. The second-order valence-electron chi connectivity index (χ2n) is 7.17. The Kier molecular flexibility index (Phi) is 6.77. The molecular weight excluding hydrogens is 492 g/mol. The zero-order chi connectivity index (χ0) is 23.4. The summed E-state index contributed by atoms with van der Waals surface area (Å²) in [5.74, 6) is -0.528. The summed E-state index contributed by atoms with van der Waals surface area (Å²) in [4.78, 5) is 26.8. The SMILES string of the molecule is COc1cc(/C=C(\C#N)C(=O)N2CCOCC2)ccc1OC(=O)c1cc2cc(Br)ccc2o1. The van der Waals surface area contributed by atoms with Crippen molar-refractivity contribution in [3.63, 3.8) is 0 Å². The lowest BCUT2D eigenvalue weighted by Crippen LogP contribution is -2.41. The minimum absolute atomic E-state index is 0.00265. The fourth-order valence-corrected chi connectivity index (χ4v) is 3.75. The van der Waals surface area contributed by atoms with E-state index in [4.69, 9.17) is 18.6 Å². The number of furan rings is 1. The summed E-state index contributed by atoms with van der Waals surface area (Å²) in [6.07, 6.45) is 1.48. The highest BCUT2D eigenvalue weighted by Crippen LogP contribution is 2.31. The number of benzene rings is 2. The molecule has 0 spiro atoms. The predicted octanol–water partition coefficient (Wildman–Crippen LogP) is 4.19. The first-order valence-corrected chi connectivity index (χ1v) is 10.9. The van der Waals surface area contributed by atoms with Gasteiger partial charge in [-0.3, -0.25) is 4.79 Å². The molecule has 0 aliphatic carbocycles. The standard InChI is InChI=1S/C24H19BrN2O6/c1-30-21-11-15(10-17(14-26)23(28)27-6-8-31-9-7-27)2-4-20(21)33-24(29)22-13-16-12-18(25)3-5-19(16)32-22/h2-5,10-13H,6-9H2,1H3/b17-10+. The molecule has 8 nitrogen and oxygen atoms in total. The average molecular weight is 511 g/mol. The molecule has 9 heteroatoms. The Morgan fingerprint density at radius 3 is 2.64 bits per heavy atom. The normalized spacial score (nSPS) is 14.1. The van der Waals surface area contributed by atoms with E-state index in [1.807, 2.05) is 18.2 Å². The van der Waals surface area contributed by atoms with Gasteiger partial charge in [-0.25, -0.2) is 4.79 Å². The van der Waals surface area contributed by atoms with Crippen LogP contribution in [0, 0.1) is 11.3 Å². The molecule has 2 aromatic carbocycles. The number of ether oxygens (including phenoxy) is 3. The predicted molar refractivity (Wildman–Crippen MR) is 123 cm³/mol. The van der Waals surface area contributed by atoms with Gasteiger partial charge in [0, 0.05) is 22.9 Å². The van der Waals surface area contributed by atoms with Gasteiger partial charge in [0.25, 0.3) is 5.91 Å². The van der Waals surface area contributed by atoms with E-state index in [9.17, 15) is 14.9 Å². The summed E-state index contributed by atoms with van der Waals surface area (Å²) in [5.41, 5.74) is 1.11. The minimum Gasteiger partial charge on any atom is -0.493 e. The van der Waals surface area contributed by atoms with Gasteiger partial charge in [0.15, 0.2) is 11.5 Å². The molecule has 1 amide bonds. The molecule has 3 aromatic rings. The fourth-order valence-electron chi connectivity index (χ4n) is 3.37. The van der Waals surface area contributed by atoms with Crippen molar-refractivity contribution >= 4 is 44.9 Å². The average Bonchev–Trinajstić information content (AvgIpc) is 3.26. The number of nitriles is 1. The number of carbonyl (C=O) groups excluding carboxylic acids is 2. The molecule has 1 saturated heterocycles. The van der Waals surface area contributed by atoms with Crippen LogP contribution in [0.3, 0.4) is 0 Å². The van der Waals surface area contributed by atoms with Crippen LogP contribution in [0.15, 0.2) is 56.9 Å². The summed E-state index contributed by atoms with van der Waals surface area (Å²) in [6, 6.07) is 13.7. The van der Waals surface area contributed by atoms with Gasteiger partial charge < -0.3 is 23.5 Å². The number of amides is 1. The van der Waals surface area contributed by atoms with Gasteiger partial charge in [-0.15, -0.1) is 0 Å². The Labute approximate surface area is 198 Å². The van der Waals surface area contributed by atoms with Crippen molar-refractivity contribution in [3.8, 4) is 17.6 Å². The minimum atomic E-state index is -0.677. The Morgan fingerprint density at radius 2 is 1.91 bits per heavy atom. The molecule has 0 radical (unpaired) electrons. The Balaban J connectivity index is 1.54. The number of rotatable bonds is 5. The lowest BCUT2D eigenvalue weighted by Gasteiger charge is -2.26. The van der Waals surface area contributed by atoms with Crippen molar-refractivity contribution in [1.29, 1.82) is 5.26 Å². The highest BCUT2D eigenvalue weighted by atomic mass is 79.9. The molecule has 4 rings (SSSR count). The van der Waals surface area contributed by atoms with Crippen LogP contribution >= 0.6 is 15.9 Å². The zero-order valence-electron chi connectivity index (χ0n) is 17.7. The van der Waals surface area contributed by atoms with E-state index < -0.39 is 5.97 Å². The first-order chi connectivity index (χ1) is 16.0. The molecule has 1 aliphatic rings. The lowest BCUT2D eigenvalue weighted by molar-refractivity contribution is -0.130. The second kappa shape index (κ2) is 9.90. The Hall–Kier alpha value is -3.61. The molecule has 0 N–H and O–H groups in total. The third-order valence-corrected chi connectivity index (χ3v) is 5.52. The number of nitrogens with zero attached hydrogens (tertiary/aromatic N) is 2. The topological polar surface area (TPSA) is 102 Å². The van der Waals surface area contributed by atoms with E-state index in [2.05, 4.69) is 15.9 Å². The molecule has 0 bridgehead atoms. The maximum Gasteiger partial charge on any atom is 0.379 e. The van der Waals surface area contributed by atoms with Gasteiger partial charge in [-0.2, -0.15) is 5.26 Å². The van der Waals surface area contributed by atoms with Gasteiger partial charge in [0.05, 0.1) is 20.3 Å². The van der Waals surface area contributed by atoms with E-state index >= 15 is 0 Å². The highest BCUT2D eigenvalue weighted by Gasteiger charge is 2.21. The number of hydrogen-bond donors (Lipinski definition) is 0. The van der Waals surface area contributed by atoms with Gasteiger partial charge in [-0.1, -0.05) is 22.0 Å². The van der Waals surface area contributed by atoms with Crippen LogP contribution in [0.4, 0.5) is 0 Å². The number of morpholine rings is 1. The number of hydrogen-bond acceptors (Lipinski definition) is 7. The molecule has 1 fully saturated rings. The summed E-state index contributed by atoms with van der Waals surface area (Å²) in [7, 11) is 1.43. The number of fused-ring (bicyclic) bond motifs is 1. The number of carbonyl (C=O) groups is 2. The maximum atomic E-state index is 12.6. The molecule has 1 aliphatic heterocycles. The van der Waals surface area contributed by atoms with Crippen molar-refractivity contribution in [2.24, 2.45) is 0 Å². The quantitative estimate of drug-likeness (QED) is 0.219. The maximum absolute atomic E-state index is 12.6. The summed E-state index contributed by atoms with van der Waals surface area (Å²) >= 11 is 3.38. The number of esters is 1. The zero-order valence-corrected chi connectivity index (χ0v) is 19.3. The van der Waals surface area contributed by atoms with Crippen molar-refractivity contribution in [2.45, 2.75) is 0 Å². The van der Waals surface area contributed by atoms with Crippen molar-refractivity contribution in [1.82, 2.24) is 4.90 Å². The van der Waals surface area contributed by atoms with E-state index in [1.165, 1.54) is 19.3 Å². The van der Waals surface area contributed by atoms with Crippen LogP contribution in [0.2, 0.25) is 0 Å². The second-order valence-corrected chi connectivity index (χ2v) is 8.08. The van der Waals surface area contributed by atoms with Crippen LogP contribution in [-0.4, -0.2) is 50.2 Å². The third kappa shape index (κ3) is 5.08. The van der Waals surface area contributed by atoms with Gasteiger partial charge in [0.1, 0.15) is 17.2 Å². The smallest absolute Gasteiger partial charge is 0.379 e. The number of halogens is 1. The van der Waals surface area contributed by atoms with E-state index in [1.54, 1.807) is 29.2 Å². The molecule has 0 atom stereocenters. The highest BCUT2D eigenvalue weighted by molar-refractivity contribution is 9.10. The third-order valence-electron chi connectivity index (χ3n) is 5.03. The summed E-state index contributed by atoms with van der Waals surface area (Å²) < 4.78 is 22.5. The van der Waals surface area contributed by atoms with Crippen LogP contribution in [-0.2, 0) is 9.53 Å². The Morgan fingerprint density at radius 1 is 1.12 bits per heavy atom.